The van der Waals surface area contributed by atoms with Crippen LogP contribution in [0.1, 0.15) is 36.2 Å². The van der Waals surface area contributed by atoms with Gasteiger partial charge in [0.2, 0.25) is 0 Å². The zero-order chi connectivity index (χ0) is 16.2. The monoisotopic (exact) mass is 324 g/mol. The molecule has 4 heteroatoms. The minimum absolute atomic E-state index is 0.0819. The Bertz CT molecular complexity index is 797. The van der Waals surface area contributed by atoms with Crippen LogP contribution in [0, 0.1) is 0 Å². The van der Waals surface area contributed by atoms with E-state index in [1.54, 1.807) is 11.3 Å². The molecule has 1 heterocycles. The Hall–Kier alpha value is -2.20. The molecular formula is C19H20N2OS. The molecule has 0 aliphatic heterocycles. The quantitative estimate of drug-likeness (QED) is 0.679. The van der Waals surface area contributed by atoms with Crippen LogP contribution in [0.4, 0.5) is 0 Å². The Kier molecular flexibility index (Phi) is 4.72. The average molecular weight is 324 g/mol. The van der Waals surface area contributed by atoms with Gasteiger partial charge in [-0.15, -0.1) is 11.3 Å². The first kappa shape index (κ1) is 15.7. The van der Waals surface area contributed by atoms with E-state index in [0.29, 0.717) is 6.54 Å². The molecule has 23 heavy (non-hydrogen) atoms. The molecule has 3 rings (SSSR count). The van der Waals surface area contributed by atoms with Crippen LogP contribution in [0.2, 0.25) is 0 Å². The van der Waals surface area contributed by atoms with E-state index in [0.717, 1.165) is 27.8 Å². The number of rotatable bonds is 5. The van der Waals surface area contributed by atoms with E-state index in [1.807, 2.05) is 46.8 Å². The van der Waals surface area contributed by atoms with Crippen molar-refractivity contribution >= 4 is 27.5 Å². The van der Waals surface area contributed by atoms with Crippen molar-refractivity contribution in [3.63, 3.8) is 0 Å². The molecule has 1 atom stereocenters. The number of carbonyl (C=O) groups excluding carboxylic acids is 1. The minimum atomic E-state index is 0.0819. The molecule has 0 bridgehead atoms. The van der Waals surface area contributed by atoms with Crippen LogP contribution >= 0.6 is 11.3 Å². The Morgan fingerprint density at radius 1 is 1.22 bits per heavy atom. The van der Waals surface area contributed by atoms with Crippen molar-refractivity contribution in [1.82, 2.24) is 9.88 Å². The van der Waals surface area contributed by atoms with Gasteiger partial charge in [-0.25, -0.2) is 4.98 Å². The van der Waals surface area contributed by atoms with Crippen molar-refractivity contribution in [2.75, 3.05) is 0 Å². The standard InChI is InChI=1S/C19H20N2OS/c1-3-14(2)21(12-15-7-5-4-6-8-15)19(22)16-9-10-17-18(11-16)23-13-20-17/h4-11,13-14H,3,12H2,1-2H3. The third-order valence-electron chi connectivity index (χ3n) is 4.16. The maximum absolute atomic E-state index is 13.0. The number of carbonyl (C=O) groups is 1. The summed E-state index contributed by atoms with van der Waals surface area (Å²) in [5.74, 6) is 0.0819. The number of fused-ring (bicyclic) bond motifs is 1. The first-order chi connectivity index (χ1) is 11.2. The largest absolute Gasteiger partial charge is 0.332 e. The molecule has 1 amide bonds. The summed E-state index contributed by atoms with van der Waals surface area (Å²) in [6.07, 6.45) is 0.932. The number of aromatic nitrogens is 1. The van der Waals surface area contributed by atoms with E-state index in [1.165, 1.54) is 0 Å². The third-order valence-corrected chi connectivity index (χ3v) is 4.95. The Morgan fingerprint density at radius 3 is 2.74 bits per heavy atom. The molecule has 3 nitrogen and oxygen atoms in total. The molecule has 118 valence electrons. The number of benzene rings is 2. The normalized spacial score (nSPS) is 12.3. The topological polar surface area (TPSA) is 33.2 Å². The highest BCUT2D eigenvalue weighted by atomic mass is 32.1. The number of nitrogens with zero attached hydrogens (tertiary/aromatic N) is 2. The summed E-state index contributed by atoms with van der Waals surface area (Å²) < 4.78 is 1.06. The molecule has 0 aliphatic carbocycles. The van der Waals surface area contributed by atoms with E-state index >= 15 is 0 Å². The van der Waals surface area contributed by atoms with Crippen LogP contribution in [0.15, 0.2) is 54.0 Å². The Morgan fingerprint density at radius 2 is 2.00 bits per heavy atom. The van der Waals surface area contributed by atoms with Crippen LogP contribution in [-0.2, 0) is 6.54 Å². The van der Waals surface area contributed by atoms with Gasteiger partial charge in [0.15, 0.2) is 0 Å². The van der Waals surface area contributed by atoms with Gasteiger partial charge in [0.05, 0.1) is 15.7 Å². The molecule has 0 radical (unpaired) electrons. The molecule has 0 N–H and O–H groups in total. The van der Waals surface area contributed by atoms with Gasteiger partial charge in [0.1, 0.15) is 0 Å². The summed E-state index contributed by atoms with van der Waals surface area (Å²) >= 11 is 1.57. The van der Waals surface area contributed by atoms with Crippen molar-refractivity contribution < 1.29 is 4.79 Å². The second-order valence-electron chi connectivity index (χ2n) is 5.71. The van der Waals surface area contributed by atoms with Crippen LogP contribution in [0.5, 0.6) is 0 Å². The van der Waals surface area contributed by atoms with E-state index in [9.17, 15) is 4.79 Å². The van der Waals surface area contributed by atoms with E-state index < -0.39 is 0 Å². The lowest BCUT2D eigenvalue weighted by Gasteiger charge is -2.29. The maximum Gasteiger partial charge on any atom is 0.254 e. The van der Waals surface area contributed by atoms with Gasteiger partial charge >= 0.3 is 0 Å². The maximum atomic E-state index is 13.0. The zero-order valence-electron chi connectivity index (χ0n) is 13.4. The van der Waals surface area contributed by atoms with Crippen LogP contribution in [-0.4, -0.2) is 21.8 Å². The third kappa shape index (κ3) is 3.42. The molecule has 0 spiro atoms. The van der Waals surface area contributed by atoms with E-state index in [2.05, 4.69) is 31.0 Å². The predicted octanol–water partition coefficient (Wildman–Crippen LogP) is 4.74. The fourth-order valence-corrected chi connectivity index (χ4v) is 3.30. The van der Waals surface area contributed by atoms with Gasteiger partial charge in [-0.3, -0.25) is 4.79 Å². The molecule has 0 saturated heterocycles. The van der Waals surface area contributed by atoms with Crippen molar-refractivity contribution in [2.45, 2.75) is 32.9 Å². The highest BCUT2D eigenvalue weighted by Gasteiger charge is 2.21. The molecule has 1 unspecified atom stereocenters. The highest BCUT2D eigenvalue weighted by Crippen LogP contribution is 2.22. The SMILES string of the molecule is CCC(C)N(Cc1ccccc1)C(=O)c1ccc2ncsc2c1. The van der Waals surface area contributed by atoms with Crippen LogP contribution in [0.3, 0.4) is 0 Å². The first-order valence-electron chi connectivity index (χ1n) is 7.87. The summed E-state index contributed by atoms with van der Waals surface area (Å²) in [5, 5.41) is 0. The second-order valence-corrected chi connectivity index (χ2v) is 6.60. The Balaban J connectivity index is 1.90. The Labute approximate surface area is 140 Å². The minimum Gasteiger partial charge on any atom is -0.332 e. The van der Waals surface area contributed by atoms with Crippen molar-refractivity contribution in [1.29, 1.82) is 0 Å². The zero-order valence-corrected chi connectivity index (χ0v) is 14.2. The first-order valence-corrected chi connectivity index (χ1v) is 8.75. The summed E-state index contributed by atoms with van der Waals surface area (Å²) in [4.78, 5) is 19.3. The average Bonchev–Trinajstić information content (AvgIpc) is 3.07. The number of thiazole rings is 1. The molecular weight excluding hydrogens is 304 g/mol. The fraction of sp³-hybridized carbons (Fsp3) is 0.263. The molecule has 0 aliphatic rings. The molecule has 3 aromatic rings. The van der Waals surface area contributed by atoms with Gasteiger partial charge < -0.3 is 4.90 Å². The van der Waals surface area contributed by atoms with Gasteiger partial charge in [-0.1, -0.05) is 37.3 Å². The number of hydrogen-bond donors (Lipinski definition) is 0. The van der Waals surface area contributed by atoms with Gasteiger partial charge in [0, 0.05) is 18.2 Å². The van der Waals surface area contributed by atoms with Crippen molar-refractivity contribution in [3.05, 3.63) is 65.2 Å². The lowest BCUT2D eigenvalue weighted by molar-refractivity contribution is 0.0672. The number of hydrogen-bond acceptors (Lipinski definition) is 3. The van der Waals surface area contributed by atoms with Gasteiger partial charge in [-0.05, 0) is 37.1 Å². The van der Waals surface area contributed by atoms with Crippen LogP contribution < -0.4 is 0 Å². The number of amides is 1. The highest BCUT2D eigenvalue weighted by molar-refractivity contribution is 7.16. The van der Waals surface area contributed by atoms with Crippen LogP contribution in [0.25, 0.3) is 10.2 Å². The lowest BCUT2D eigenvalue weighted by atomic mass is 10.1. The smallest absolute Gasteiger partial charge is 0.254 e. The van der Waals surface area contributed by atoms with Gasteiger partial charge in [0.25, 0.3) is 5.91 Å². The predicted molar refractivity (Wildman–Crippen MR) is 95.7 cm³/mol. The van der Waals surface area contributed by atoms with Gasteiger partial charge in [-0.2, -0.15) is 0 Å². The van der Waals surface area contributed by atoms with E-state index in [4.69, 9.17) is 0 Å². The summed E-state index contributed by atoms with van der Waals surface area (Å²) in [7, 11) is 0. The van der Waals surface area contributed by atoms with Crippen molar-refractivity contribution in [2.24, 2.45) is 0 Å². The lowest BCUT2D eigenvalue weighted by Crippen LogP contribution is -2.37. The van der Waals surface area contributed by atoms with E-state index in [-0.39, 0.29) is 11.9 Å². The molecule has 1 aromatic heterocycles. The fourth-order valence-electron chi connectivity index (χ4n) is 2.58. The summed E-state index contributed by atoms with van der Waals surface area (Å²) in [6, 6.07) is 16.1. The summed E-state index contributed by atoms with van der Waals surface area (Å²) in [5.41, 5.74) is 4.65. The molecule has 0 saturated carbocycles. The summed E-state index contributed by atoms with van der Waals surface area (Å²) in [6.45, 7) is 4.85. The molecule has 0 fully saturated rings. The second kappa shape index (κ2) is 6.92. The van der Waals surface area contributed by atoms with Crippen molar-refractivity contribution in [3.8, 4) is 0 Å². The molecule has 2 aromatic carbocycles.